The molecule has 1 fully saturated rings. The van der Waals surface area contributed by atoms with E-state index in [9.17, 15) is 4.39 Å². The van der Waals surface area contributed by atoms with Gasteiger partial charge < -0.3 is 14.0 Å². The quantitative estimate of drug-likeness (QED) is 0.675. The minimum absolute atomic E-state index is 0.220. The van der Waals surface area contributed by atoms with E-state index in [4.69, 9.17) is 9.47 Å². The summed E-state index contributed by atoms with van der Waals surface area (Å²) in [6.45, 7) is 3.99. The Hall–Kier alpha value is -2.70. The molecule has 2 aliphatic rings. The molecule has 2 aromatic carbocycles. The Balaban J connectivity index is 1.33. The van der Waals surface area contributed by atoms with Crippen LogP contribution in [0.15, 0.2) is 54.7 Å². The summed E-state index contributed by atoms with van der Waals surface area (Å²) >= 11 is 0. The van der Waals surface area contributed by atoms with Gasteiger partial charge in [-0.2, -0.15) is 0 Å². The highest BCUT2D eigenvalue weighted by atomic mass is 19.1. The van der Waals surface area contributed by atoms with Crippen LogP contribution in [0.3, 0.4) is 0 Å². The van der Waals surface area contributed by atoms with Crippen LogP contribution in [0.1, 0.15) is 17.8 Å². The lowest BCUT2D eigenvalue weighted by atomic mass is 10.0. The van der Waals surface area contributed by atoms with Gasteiger partial charge in [0.1, 0.15) is 29.6 Å². The lowest BCUT2D eigenvalue weighted by molar-refractivity contribution is -0.0821. The third-order valence-electron chi connectivity index (χ3n) is 5.97. The first-order chi connectivity index (χ1) is 14.1. The van der Waals surface area contributed by atoms with Crippen molar-refractivity contribution >= 4 is 0 Å². The number of hydrogen-bond donors (Lipinski definition) is 0. The first kappa shape index (κ1) is 18.3. The van der Waals surface area contributed by atoms with Crippen molar-refractivity contribution < 1.29 is 13.9 Å². The van der Waals surface area contributed by atoms with Crippen molar-refractivity contribution in [2.75, 3.05) is 20.2 Å². The Morgan fingerprint density at radius 3 is 2.83 bits per heavy atom. The van der Waals surface area contributed by atoms with Gasteiger partial charge >= 0.3 is 0 Å². The van der Waals surface area contributed by atoms with Crippen LogP contribution >= 0.6 is 0 Å². The maximum absolute atomic E-state index is 13.7. The van der Waals surface area contributed by atoms with Crippen molar-refractivity contribution in [2.45, 2.75) is 31.7 Å². The molecular formula is C23H24FN3O2. The van der Waals surface area contributed by atoms with Crippen molar-refractivity contribution in [3.63, 3.8) is 0 Å². The Bertz CT molecular complexity index is 1020. The molecule has 0 aliphatic carbocycles. The molecule has 3 aromatic rings. The largest absolute Gasteiger partial charge is 0.497 e. The standard InChI is InChI=1S/C23H24FN3O2/c1-28-20-7-5-17(6-8-20)13-26-10-9-23(15-26)16-27-21(12-25-22(27)14-29-23)18-3-2-4-19(24)11-18/h2-8,11-12H,9-10,13-16H2,1H3. The molecule has 1 aromatic heterocycles. The zero-order valence-electron chi connectivity index (χ0n) is 16.5. The second-order valence-corrected chi connectivity index (χ2v) is 7.94. The Kier molecular flexibility index (Phi) is 4.60. The number of aromatic nitrogens is 2. The smallest absolute Gasteiger partial charge is 0.135 e. The molecule has 2 aliphatic heterocycles. The number of fused-ring (bicyclic) bond motifs is 1. The van der Waals surface area contributed by atoms with Crippen LogP contribution in [0.25, 0.3) is 11.3 Å². The lowest BCUT2D eigenvalue weighted by Crippen LogP contribution is -2.44. The van der Waals surface area contributed by atoms with Gasteiger partial charge in [0.25, 0.3) is 0 Å². The van der Waals surface area contributed by atoms with Gasteiger partial charge in [0.2, 0.25) is 0 Å². The van der Waals surface area contributed by atoms with Crippen LogP contribution in [0.4, 0.5) is 4.39 Å². The highest BCUT2D eigenvalue weighted by Crippen LogP contribution is 2.35. The number of nitrogens with zero attached hydrogens (tertiary/aromatic N) is 3. The Morgan fingerprint density at radius 2 is 2.03 bits per heavy atom. The molecule has 150 valence electrons. The van der Waals surface area contributed by atoms with Crippen LogP contribution in [0, 0.1) is 5.82 Å². The number of rotatable bonds is 4. The Morgan fingerprint density at radius 1 is 1.17 bits per heavy atom. The van der Waals surface area contributed by atoms with Crippen molar-refractivity contribution in [3.05, 3.63) is 71.9 Å². The third-order valence-corrected chi connectivity index (χ3v) is 5.97. The van der Waals surface area contributed by atoms with Gasteiger partial charge in [0.15, 0.2) is 0 Å². The number of imidazole rings is 1. The molecule has 29 heavy (non-hydrogen) atoms. The summed E-state index contributed by atoms with van der Waals surface area (Å²) in [7, 11) is 1.68. The normalized spacial score (nSPS) is 21.4. The highest BCUT2D eigenvalue weighted by molar-refractivity contribution is 5.59. The highest BCUT2D eigenvalue weighted by Gasteiger charge is 2.43. The zero-order chi connectivity index (χ0) is 19.8. The van der Waals surface area contributed by atoms with Crippen molar-refractivity contribution in [3.8, 4) is 17.0 Å². The molecule has 0 amide bonds. The second kappa shape index (κ2) is 7.28. The number of ether oxygens (including phenoxy) is 2. The molecule has 6 heteroatoms. The van der Waals surface area contributed by atoms with Crippen molar-refractivity contribution in [2.24, 2.45) is 0 Å². The number of methoxy groups -OCH3 is 1. The van der Waals surface area contributed by atoms with Gasteiger partial charge in [0, 0.05) is 25.2 Å². The van der Waals surface area contributed by atoms with Gasteiger partial charge in [-0.15, -0.1) is 0 Å². The van der Waals surface area contributed by atoms with E-state index in [0.29, 0.717) is 6.61 Å². The number of likely N-dealkylation sites (tertiary alicyclic amines) is 1. The molecule has 1 spiro atoms. The summed E-state index contributed by atoms with van der Waals surface area (Å²) in [6, 6.07) is 14.9. The maximum Gasteiger partial charge on any atom is 0.135 e. The molecule has 5 rings (SSSR count). The van der Waals surface area contributed by atoms with E-state index < -0.39 is 0 Å². The maximum atomic E-state index is 13.7. The van der Waals surface area contributed by atoms with E-state index in [1.54, 1.807) is 19.2 Å². The minimum Gasteiger partial charge on any atom is -0.497 e. The average Bonchev–Trinajstić information content (AvgIpc) is 3.33. The number of halogens is 1. The molecule has 0 bridgehead atoms. The summed E-state index contributed by atoms with van der Waals surface area (Å²) < 4.78 is 27.5. The summed E-state index contributed by atoms with van der Waals surface area (Å²) in [5.74, 6) is 1.55. The molecule has 1 unspecified atom stereocenters. The topological polar surface area (TPSA) is 39.5 Å². The SMILES string of the molecule is COc1ccc(CN2CCC3(C2)Cn2c(-c4cccc(F)c4)cnc2CO3)cc1. The average molecular weight is 393 g/mol. The first-order valence-electron chi connectivity index (χ1n) is 9.94. The fourth-order valence-electron chi connectivity index (χ4n) is 4.43. The van der Waals surface area contributed by atoms with Gasteiger partial charge in [-0.1, -0.05) is 24.3 Å². The summed E-state index contributed by atoms with van der Waals surface area (Å²) in [5, 5.41) is 0. The second-order valence-electron chi connectivity index (χ2n) is 7.94. The van der Waals surface area contributed by atoms with Gasteiger partial charge in [0.05, 0.1) is 25.5 Å². The first-order valence-corrected chi connectivity index (χ1v) is 9.94. The van der Waals surface area contributed by atoms with Crippen LogP contribution in [-0.2, 0) is 24.4 Å². The van der Waals surface area contributed by atoms with Crippen LogP contribution in [0.2, 0.25) is 0 Å². The van der Waals surface area contributed by atoms with Crippen molar-refractivity contribution in [1.29, 1.82) is 0 Å². The predicted octanol–water partition coefficient (Wildman–Crippen LogP) is 3.87. The summed E-state index contributed by atoms with van der Waals surface area (Å²) in [4.78, 5) is 6.95. The molecule has 1 saturated heterocycles. The van der Waals surface area contributed by atoms with Crippen molar-refractivity contribution in [1.82, 2.24) is 14.5 Å². The molecule has 0 saturated carbocycles. The van der Waals surface area contributed by atoms with E-state index in [2.05, 4.69) is 26.6 Å². The van der Waals surface area contributed by atoms with E-state index >= 15 is 0 Å². The van der Waals surface area contributed by atoms with E-state index in [1.807, 2.05) is 24.4 Å². The van der Waals surface area contributed by atoms with E-state index in [1.165, 1.54) is 11.6 Å². The molecular weight excluding hydrogens is 369 g/mol. The zero-order valence-corrected chi connectivity index (χ0v) is 16.5. The fourth-order valence-corrected chi connectivity index (χ4v) is 4.43. The lowest BCUT2D eigenvalue weighted by Gasteiger charge is -2.35. The Labute approximate surface area is 169 Å². The predicted molar refractivity (Wildman–Crippen MR) is 108 cm³/mol. The molecule has 0 radical (unpaired) electrons. The number of benzene rings is 2. The van der Waals surface area contributed by atoms with Crippen LogP contribution in [0.5, 0.6) is 5.75 Å². The van der Waals surface area contributed by atoms with Gasteiger partial charge in [-0.25, -0.2) is 9.37 Å². The minimum atomic E-state index is -0.230. The van der Waals surface area contributed by atoms with E-state index in [0.717, 1.165) is 55.4 Å². The van der Waals surface area contributed by atoms with Crippen LogP contribution < -0.4 is 4.74 Å². The summed E-state index contributed by atoms with van der Waals surface area (Å²) in [6.07, 6.45) is 2.81. The number of hydrogen-bond acceptors (Lipinski definition) is 4. The monoisotopic (exact) mass is 393 g/mol. The molecule has 3 heterocycles. The molecule has 1 atom stereocenters. The van der Waals surface area contributed by atoms with Gasteiger partial charge in [-0.05, 0) is 36.2 Å². The third kappa shape index (κ3) is 3.54. The van der Waals surface area contributed by atoms with Crippen LogP contribution in [-0.4, -0.2) is 40.3 Å². The van der Waals surface area contributed by atoms with Gasteiger partial charge in [-0.3, -0.25) is 4.90 Å². The fraction of sp³-hybridized carbons (Fsp3) is 0.348. The van der Waals surface area contributed by atoms with E-state index in [-0.39, 0.29) is 11.4 Å². The molecule has 5 nitrogen and oxygen atoms in total. The summed E-state index contributed by atoms with van der Waals surface area (Å²) in [5.41, 5.74) is 2.86. The molecule has 0 N–H and O–H groups in total.